The Morgan fingerprint density at radius 3 is 2.69 bits per heavy atom. The molecule has 0 bridgehead atoms. The topological polar surface area (TPSA) is 87.7 Å². The second-order valence-corrected chi connectivity index (χ2v) is 6.69. The lowest BCUT2D eigenvalue weighted by atomic mass is 10.0. The number of rotatable bonds is 5. The number of nitrogens with one attached hydrogen (secondary N) is 1. The fraction of sp³-hybridized carbons (Fsp3) is 0.227. The van der Waals surface area contributed by atoms with Crippen LogP contribution in [0.15, 0.2) is 51.9 Å². The normalized spacial score (nSPS) is 11.7. The molecule has 0 saturated heterocycles. The predicted molar refractivity (Wildman–Crippen MR) is 117 cm³/mol. The van der Waals surface area contributed by atoms with E-state index in [1.54, 1.807) is 0 Å². The molecular weight excluding hydrogens is 390 g/mol. The molecule has 1 aliphatic carbocycles. The van der Waals surface area contributed by atoms with E-state index in [2.05, 4.69) is 17.2 Å². The van der Waals surface area contributed by atoms with Crippen LogP contribution in [0.4, 0.5) is 5.69 Å². The van der Waals surface area contributed by atoms with Gasteiger partial charge in [0.25, 0.3) is 0 Å². The summed E-state index contributed by atoms with van der Waals surface area (Å²) in [6.07, 6.45) is -0.00913. The van der Waals surface area contributed by atoms with Crippen molar-refractivity contribution >= 4 is 45.9 Å². The van der Waals surface area contributed by atoms with E-state index in [1.165, 1.54) is 0 Å². The maximum atomic E-state index is 10.8. The Morgan fingerprint density at radius 1 is 1.21 bits per heavy atom. The van der Waals surface area contributed by atoms with Crippen LogP contribution < -0.4 is 10.7 Å². The van der Waals surface area contributed by atoms with E-state index < -0.39 is 5.97 Å². The quantitative estimate of drug-likeness (QED) is 0.369. The van der Waals surface area contributed by atoms with E-state index in [-0.39, 0.29) is 25.4 Å². The molecule has 2 aliphatic rings. The molecule has 2 aromatic rings. The van der Waals surface area contributed by atoms with Gasteiger partial charge in [0.05, 0.1) is 18.3 Å². The molecule has 1 aliphatic heterocycles. The van der Waals surface area contributed by atoms with Gasteiger partial charge in [-0.3, -0.25) is 9.79 Å². The fourth-order valence-corrected chi connectivity index (χ4v) is 3.37. The number of carbonyl (C=O) groups is 1. The molecule has 0 radical (unpaired) electrons. The van der Waals surface area contributed by atoms with Crippen LogP contribution in [0.3, 0.4) is 0 Å². The molecule has 0 saturated carbocycles. The van der Waals surface area contributed by atoms with Gasteiger partial charge in [-0.2, -0.15) is 0 Å². The van der Waals surface area contributed by atoms with Crippen LogP contribution in [-0.4, -0.2) is 29.1 Å². The first-order valence-electron chi connectivity index (χ1n) is 9.30. The van der Waals surface area contributed by atoms with Crippen molar-refractivity contribution < 1.29 is 14.3 Å². The Kier molecular flexibility index (Phi) is 6.03. The van der Waals surface area contributed by atoms with Crippen molar-refractivity contribution in [1.29, 1.82) is 0 Å². The smallest absolute Gasteiger partial charge is 0.305 e. The molecule has 2 aromatic carbocycles. The van der Waals surface area contributed by atoms with Crippen molar-refractivity contribution in [2.75, 3.05) is 18.4 Å². The zero-order valence-electron chi connectivity index (χ0n) is 16.2. The molecule has 6 nitrogen and oxygen atoms in total. The second kappa shape index (κ2) is 8.49. The number of halogens is 1. The Balaban J connectivity index is 0.00000240. The molecule has 0 unspecified atom stereocenters. The summed E-state index contributed by atoms with van der Waals surface area (Å²) in [4.78, 5) is 20.2. The number of nitrogens with zero attached hydrogens (tertiary/aromatic N) is 2. The monoisotopic (exact) mass is 411 g/mol. The van der Waals surface area contributed by atoms with Gasteiger partial charge in [0.15, 0.2) is 11.3 Å². The summed E-state index contributed by atoms with van der Waals surface area (Å²) in [6.45, 7) is 5.14. The number of aryl methyl sites for hydroxylation is 1. The molecule has 1 heterocycles. The molecule has 29 heavy (non-hydrogen) atoms. The maximum Gasteiger partial charge on any atom is 0.305 e. The SMILES string of the molecule is CCNc1cc2oc3cc(=NCCC(=O)O)c4ccccc4c-3nc2cc1C.Cl. The van der Waals surface area contributed by atoms with E-state index in [9.17, 15) is 4.79 Å². The molecule has 4 rings (SSSR count). The zero-order chi connectivity index (χ0) is 19.7. The molecule has 0 atom stereocenters. The highest BCUT2D eigenvalue weighted by atomic mass is 35.5. The number of carboxylic acid groups (broad SMARTS) is 1. The van der Waals surface area contributed by atoms with Gasteiger partial charge >= 0.3 is 5.97 Å². The molecule has 0 amide bonds. The van der Waals surface area contributed by atoms with Gasteiger partial charge in [-0.1, -0.05) is 24.3 Å². The fourth-order valence-electron chi connectivity index (χ4n) is 3.37. The number of hydrogen-bond acceptors (Lipinski definition) is 5. The van der Waals surface area contributed by atoms with Gasteiger partial charge in [0.2, 0.25) is 0 Å². The van der Waals surface area contributed by atoms with Crippen LogP contribution in [0, 0.1) is 6.92 Å². The van der Waals surface area contributed by atoms with Crippen molar-refractivity contribution in [2.24, 2.45) is 4.99 Å². The van der Waals surface area contributed by atoms with E-state index in [1.807, 2.05) is 49.4 Å². The molecule has 2 N–H and O–H groups in total. The first-order valence-corrected chi connectivity index (χ1v) is 9.30. The van der Waals surface area contributed by atoms with E-state index >= 15 is 0 Å². The lowest BCUT2D eigenvalue weighted by Crippen LogP contribution is -2.09. The number of fused-ring (bicyclic) bond motifs is 4. The Labute approximate surface area is 174 Å². The largest absolute Gasteiger partial charge is 0.481 e. The number of hydrogen-bond donors (Lipinski definition) is 2. The predicted octanol–water partition coefficient (Wildman–Crippen LogP) is 4.62. The molecule has 150 valence electrons. The van der Waals surface area contributed by atoms with Crippen LogP contribution in [0.25, 0.3) is 33.3 Å². The van der Waals surface area contributed by atoms with Gasteiger partial charge in [-0.05, 0) is 25.5 Å². The molecule has 0 spiro atoms. The summed E-state index contributed by atoms with van der Waals surface area (Å²) in [5, 5.41) is 14.8. The van der Waals surface area contributed by atoms with Gasteiger partial charge < -0.3 is 14.8 Å². The third-order valence-corrected chi connectivity index (χ3v) is 4.69. The number of anilines is 1. The molecule has 0 aromatic heterocycles. The highest BCUT2D eigenvalue weighted by Crippen LogP contribution is 2.32. The summed E-state index contributed by atoms with van der Waals surface area (Å²) >= 11 is 0. The average Bonchev–Trinajstić information content (AvgIpc) is 2.67. The lowest BCUT2D eigenvalue weighted by molar-refractivity contribution is -0.136. The van der Waals surface area contributed by atoms with Gasteiger partial charge in [-0.25, -0.2) is 4.98 Å². The maximum absolute atomic E-state index is 10.8. The molecule has 7 heteroatoms. The van der Waals surface area contributed by atoms with Crippen molar-refractivity contribution in [3.8, 4) is 11.5 Å². The third-order valence-electron chi connectivity index (χ3n) is 4.69. The summed E-state index contributed by atoms with van der Waals surface area (Å²) in [5.41, 5.74) is 4.40. The van der Waals surface area contributed by atoms with Gasteiger partial charge in [0.1, 0.15) is 11.2 Å². The minimum atomic E-state index is -0.863. The summed E-state index contributed by atoms with van der Waals surface area (Å²) < 4.78 is 6.19. The highest BCUT2D eigenvalue weighted by Gasteiger charge is 2.15. The van der Waals surface area contributed by atoms with Crippen LogP contribution >= 0.6 is 12.4 Å². The average molecular weight is 412 g/mol. The van der Waals surface area contributed by atoms with Gasteiger partial charge in [-0.15, -0.1) is 12.4 Å². The van der Waals surface area contributed by atoms with E-state index in [0.717, 1.165) is 39.8 Å². The summed E-state index contributed by atoms with van der Waals surface area (Å²) in [7, 11) is 0. The molecule has 0 fully saturated rings. The number of benzene rings is 3. The second-order valence-electron chi connectivity index (χ2n) is 6.69. The Bertz CT molecular complexity index is 1230. The van der Waals surface area contributed by atoms with Crippen molar-refractivity contribution in [3.05, 3.63) is 53.4 Å². The first-order chi connectivity index (χ1) is 13.6. The third kappa shape index (κ3) is 4.03. The van der Waals surface area contributed by atoms with E-state index in [4.69, 9.17) is 14.5 Å². The van der Waals surface area contributed by atoms with Crippen molar-refractivity contribution in [2.45, 2.75) is 20.3 Å². The number of carboxylic acids is 1. The van der Waals surface area contributed by atoms with Crippen LogP contribution in [-0.2, 0) is 4.79 Å². The Hall–Kier alpha value is -3.12. The van der Waals surface area contributed by atoms with Crippen LogP contribution in [0.1, 0.15) is 18.9 Å². The zero-order valence-corrected chi connectivity index (χ0v) is 17.0. The standard InChI is InChI=1S/C22H21N3O3.ClH/c1-3-23-16-11-19-18(10-13(16)2)25-22-15-7-5-4-6-14(15)17(12-20(22)28-19)24-9-8-21(26)27;/h4-7,10-12,23H,3,8-9H2,1-2H3,(H,26,27);1H. The highest BCUT2D eigenvalue weighted by molar-refractivity contribution is 5.96. The van der Waals surface area contributed by atoms with Crippen LogP contribution in [0.2, 0.25) is 0 Å². The minimum Gasteiger partial charge on any atom is -0.481 e. The number of aromatic nitrogens is 1. The van der Waals surface area contributed by atoms with E-state index in [0.29, 0.717) is 16.7 Å². The van der Waals surface area contributed by atoms with Gasteiger partial charge in [0, 0.05) is 35.1 Å². The van der Waals surface area contributed by atoms with Crippen molar-refractivity contribution in [1.82, 2.24) is 4.98 Å². The first kappa shape index (κ1) is 20.6. The minimum absolute atomic E-state index is 0. The Morgan fingerprint density at radius 2 is 1.97 bits per heavy atom. The summed E-state index contributed by atoms with van der Waals surface area (Å²) in [5.74, 6) is -0.232. The lowest BCUT2D eigenvalue weighted by Gasteiger charge is -2.13. The number of aliphatic carboxylic acids is 1. The molecular formula is C22H22ClN3O3. The summed E-state index contributed by atoms with van der Waals surface area (Å²) in [6, 6.07) is 13.7. The van der Waals surface area contributed by atoms with Crippen LogP contribution in [0.5, 0.6) is 0 Å². The van der Waals surface area contributed by atoms with Crippen molar-refractivity contribution in [3.63, 3.8) is 0 Å².